The van der Waals surface area contributed by atoms with Crippen molar-refractivity contribution in [2.24, 2.45) is 0 Å². The minimum Gasteiger partial charge on any atom is -0.458 e. The highest BCUT2D eigenvalue weighted by molar-refractivity contribution is 7.99. The van der Waals surface area contributed by atoms with E-state index in [4.69, 9.17) is 4.42 Å². The molecule has 2 aromatic carbocycles. The van der Waals surface area contributed by atoms with Gasteiger partial charge in [0.05, 0.1) is 0 Å². The fourth-order valence-corrected chi connectivity index (χ4v) is 2.89. The molecule has 0 radical (unpaired) electrons. The van der Waals surface area contributed by atoms with Crippen LogP contribution in [0.15, 0.2) is 57.8 Å². The molecule has 1 unspecified atom stereocenters. The van der Waals surface area contributed by atoms with Crippen LogP contribution in [-0.2, 0) is 0 Å². The van der Waals surface area contributed by atoms with Crippen LogP contribution in [-0.4, -0.2) is 10.9 Å². The molecule has 0 aliphatic carbocycles. The Morgan fingerprint density at radius 2 is 1.90 bits per heavy atom. The maximum atomic E-state index is 13.5. The summed E-state index contributed by atoms with van der Waals surface area (Å²) in [5, 5.41) is 10.7. The van der Waals surface area contributed by atoms with Crippen molar-refractivity contribution in [3.63, 3.8) is 0 Å². The average molecular weight is 306 g/mol. The first-order valence-electron chi connectivity index (χ1n) is 6.38. The number of halogens is 2. The summed E-state index contributed by atoms with van der Waals surface area (Å²) in [6.07, 6.45) is -0.884. The predicted octanol–water partition coefficient (Wildman–Crippen LogP) is 4.54. The van der Waals surface area contributed by atoms with E-state index in [1.54, 1.807) is 24.3 Å². The van der Waals surface area contributed by atoms with Crippen molar-refractivity contribution in [3.05, 3.63) is 65.9 Å². The van der Waals surface area contributed by atoms with E-state index in [1.807, 2.05) is 0 Å². The molecule has 3 rings (SSSR count). The normalized spacial score (nSPS) is 12.7. The van der Waals surface area contributed by atoms with Crippen molar-refractivity contribution >= 4 is 22.7 Å². The minimum absolute atomic E-state index is 0.253. The molecule has 3 aromatic rings. The van der Waals surface area contributed by atoms with Gasteiger partial charge in [0.25, 0.3) is 0 Å². The van der Waals surface area contributed by atoms with Gasteiger partial charge in [-0.05, 0) is 36.4 Å². The number of furan rings is 1. The van der Waals surface area contributed by atoms with Gasteiger partial charge in [0.1, 0.15) is 29.1 Å². The van der Waals surface area contributed by atoms with Gasteiger partial charge in [-0.3, -0.25) is 0 Å². The lowest BCUT2D eigenvalue weighted by atomic mass is 10.2. The third-order valence-corrected chi connectivity index (χ3v) is 4.18. The van der Waals surface area contributed by atoms with Crippen LogP contribution >= 0.6 is 11.8 Å². The monoisotopic (exact) mass is 306 g/mol. The molecule has 0 saturated heterocycles. The zero-order valence-corrected chi connectivity index (χ0v) is 11.7. The van der Waals surface area contributed by atoms with E-state index < -0.39 is 6.10 Å². The molecule has 108 valence electrons. The molecule has 0 spiro atoms. The Labute approximate surface area is 124 Å². The smallest absolute Gasteiger partial charge is 0.136 e. The Kier molecular flexibility index (Phi) is 3.94. The summed E-state index contributed by atoms with van der Waals surface area (Å²) >= 11 is 1.20. The van der Waals surface area contributed by atoms with Gasteiger partial charge in [-0.15, -0.1) is 11.8 Å². The summed E-state index contributed by atoms with van der Waals surface area (Å²) < 4.78 is 32.1. The van der Waals surface area contributed by atoms with Crippen LogP contribution in [0.2, 0.25) is 0 Å². The molecule has 0 bridgehead atoms. The highest BCUT2D eigenvalue weighted by Crippen LogP contribution is 2.30. The van der Waals surface area contributed by atoms with Crippen molar-refractivity contribution in [2.75, 3.05) is 5.75 Å². The average Bonchev–Trinajstić information content (AvgIpc) is 2.89. The number of benzene rings is 2. The van der Waals surface area contributed by atoms with Gasteiger partial charge < -0.3 is 9.52 Å². The lowest BCUT2D eigenvalue weighted by Gasteiger charge is -2.07. The van der Waals surface area contributed by atoms with Crippen LogP contribution in [0.4, 0.5) is 8.78 Å². The zero-order chi connectivity index (χ0) is 14.8. The largest absolute Gasteiger partial charge is 0.458 e. The Hall–Kier alpha value is -1.85. The van der Waals surface area contributed by atoms with Gasteiger partial charge in [0.2, 0.25) is 0 Å². The summed E-state index contributed by atoms with van der Waals surface area (Å²) in [7, 11) is 0. The molecule has 5 heteroatoms. The molecule has 1 atom stereocenters. The first-order chi connectivity index (χ1) is 10.1. The molecule has 1 N–H and O–H groups in total. The lowest BCUT2D eigenvalue weighted by molar-refractivity contribution is 0.176. The molecule has 2 nitrogen and oxygen atoms in total. The second-order valence-corrected chi connectivity index (χ2v) is 5.65. The number of hydrogen-bond acceptors (Lipinski definition) is 3. The van der Waals surface area contributed by atoms with Crippen LogP contribution in [0, 0.1) is 11.6 Å². The quantitative estimate of drug-likeness (QED) is 0.719. The Bertz CT molecular complexity index is 770. The molecule has 0 aliphatic heterocycles. The molecule has 21 heavy (non-hydrogen) atoms. The van der Waals surface area contributed by atoms with Crippen molar-refractivity contribution in [1.29, 1.82) is 0 Å². The molecule has 0 aliphatic rings. The lowest BCUT2D eigenvalue weighted by Crippen LogP contribution is -1.99. The van der Waals surface area contributed by atoms with E-state index in [0.29, 0.717) is 21.6 Å². The maximum Gasteiger partial charge on any atom is 0.136 e. The van der Waals surface area contributed by atoms with E-state index in [0.717, 1.165) is 0 Å². The molecule has 1 heterocycles. The number of hydrogen-bond donors (Lipinski definition) is 1. The van der Waals surface area contributed by atoms with Gasteiger partial charge in [-0.25, -0.2) is 8.78 Å². The van der Waals surface area contributed by atoms with Gasteiger partial charge in [-0.1, -0.05) is 12.1 Å². The van der Waals surface area contributed by atoms with Crippen LogP contribution in [0.25, 0.3) is 11.0 Å². The first-order valence-corrected chi connectivity index (χ1v) is 7.36. The fraction of sp³-hybridized carbons (Fsp3) is 0.125. The number of aliphatic hydroxyl groups is 1. The summed E-state index contributed by atoms with van der Waals surface area (Å²) in [4.78, 5) is 0.471. The van der Waals surface area contributed by atoms with E-state index in [1.165, 1.54) is 36.0 Å². The zero-order valence-electron chi connectivity index (χ0n) is 10.9. The summed E-state index contributed by atoms with van der Waals surface area (Å²) in [6, 6.07) is 12.1. The van der Waals surface area contributed by atoms with Crippen LogP contribution < -0.4 is 0 Å². The summed E-state index contributed by atoms with van der Waals surface area (Å²) in [5.41, 5.74) is 0.515. The Morgan fingerprint density at radius 1 is 1.10 bits per heavy atom. The Morgan fingerprint density at radius 3 is 2.71 bits per heavy atom. The minimum atomic E-state index is -0.884. The van der Waals surface area contributed by atoms with E-state index in [-0.39, 0.29) is 17.4 Å². The van der Waals surface area contributed by atoms with Gasteiger partial charge in [0, 0.05) is 16.0 Å². The third kappa shape index (κ3) is 3.09. The highest BCUT2D eigenvalue weighted by Gasteiger charge is 2.15. The molecular formula is C16H12F2O2S. The van der Waals surface area contributed by atoms with Crippen molar-refractivity contribution < 1.29 is 18.3 Å². The van der Waals surface area contributed by atoms with Crippen molar-refractivity contribution in [3.8, 4) is 0 Å². The predicted molar refractivity (Wildman–Crippen MR) is 78.3 cm³/mol. The van der Waals surface area contributed by atoms with Crippen LogP contribution in [0.1, 0.15) is 11.9 Å². The van der Waals surface area contributed by atoms with Crippen molar-refractivity contribution in [2.45, 2.75) is 11.0 Å². The van der Waals surface area contributed by atoms with Gasteiger partial charge >= 0.3 is 0 Å². The van der Waals surface area contributed by atoms with Crippen molar-refractivity contribution in [1.82, 2.24) is 0 Å². The number of thioether (sulfide) groups is 1. The topological polar surface area (TPSA) is 33.4 Å². The third-order valence-electron chi connectivity index (χ3n) is 3.06. The fourth-order valence-electron chi connectivity index (χ4n) is 2.01. The Balaban J connectivity index is 1.75. The second-order valence-electron chi connectivity index (χ2n) is 4.59. The molecule has 0 amide bonds. The molecule has 0 saturated carbocycles. The van der Waals surface area contributed by atoms with E-state index in [9.17, 15) is 13.9 Å². The maximum absolute atomic E-state index is 13.5. The number of fused-ring (bicyclic) bond motifs is 1. The first kappa shape index (κ1) is 14.1. The highest BCUT2D eigenvalue weighted by atomic mass is 32.2. The standard InChI is InChI=1S/C16H12F2O2S/c17-11-5-6-14-10(7-11)8-15(20-14)13(19)9-21-16-4-2-1-3-12(16)18/h1-8,13,19H,9H2. The van der Waals surface area contributed by atoms with Crippen LogP contribution in [0.3, 0.4) is 0 Å². The van der Waals surface area contributed by atoms with Gasteiger partial charge in [-0.2, -0.15) is 0 Å². The van der Waals surface area contributed by atoms with Crippen LogP contribution in [0.5, 0.6) is 0 Å². The molecule has 1 aromatic heterocycles. The van der Waals surface area contributed by atoms with E-state index in [2.05, 4.69) is 0 Å². The second kappa shape index (κ2) is 5.87. The molecular weight excluding hydrogens is 294 g/mol. The number of rotatable bonds is 4. The number of aliphatic hydroxyl groups excluding tert-OH is 1. The summed E-state index contributed by atoms with van der Waals surface area (Å²) in [5.74, 6) is -0.0747. The molecule has 0 fully saturated rings. The van der Waals surface area contributed by atoms with E-state index >= 15 is 0 Å². The van der Waals surface area contributed by atoms with Gasteiger partial charge in [0.15, 0.2) is 0 Å². The SMILES string of the molecule is OC(CSc1ccccc1F)c1cc2cc(F)ccc2o1. The summed E-state index contributed by atoms with van der Waals surface area (Å²) in [6.45, 7) is 0.